The summed E-state index contributed by atoms with van der Waals surface area (Å²) in [7, 11) is -2.40. The zero-order chi connectivity index (χ0) is 35.1. The van der Waals surface area contributed by atoms with Crippen LogP contribution < -0.4 is 21.1 Å². The predicted octanol–water partition coefficient (Wildman–Crippen LogP) is 3.42. The number of carbonyl (C=O) groups is 2. The molecule has 51 heavy (non-hydrogen) atoms. The number of H-pyrrole nitrogens is 1. The molecule has 0 radical (unpaired) electrons. The highest BCUT2D eigenvalue weighted by molar-refractivity contribution is 7.89. The van der Waals surface area contributed by atoms with Crippen LogP contribution in [0, 0.1) is 11.8 Å². The summed E-state index contributed by atoms with van der Waals surface area (Å²) in [6, 6.07) is 18.8. The molecule has 0 unspecified atom stereocenters. The van der Waals surface area contributed by atoms with Crippen molar-refractivity contribution in [1.82, 2.24) is 30.2 Å². The van der Waals surface area contributed by atoms with Crippen LogP contribution in [0.25, 0.3) is 22.5 Å². The maximum atomic E-state index is 13.8. The van der Waals surface area contributed by atoms with Crippen molar-refractivity contribution in [1.29, 1.82) is 0 Å². The first-order valence-corrected chi connectivity index (χ1v) is 18.2. The van der Waals surface area contributed by atoms with E-state index in [-0.39, 0.29) is 60.3 Å². The van der Waals surface area contributed by atoms with Gasteiger partial charge in [0.15, 0.2) is 5.82 Å². The molecule has 1 aliphatic heterocycles. The number of rotatable bonds is 12. The number of nitrogens with one attached hydrogen (secondary N) is 3. The lowest BCUT2D eigenvalue weighted by molar-refractivity contribution is -0.130. The molecule has 272 valence electrons. The fourth-order valence-corrected chi connectivity index (χ4v) is 8.07. The van der Waals surface area contributed by atoms with Crippen molar-refractivity contribution in [2.24, 2.45) is 17.6 Å². The Bertz CT molecular complexity index is 1880. The van der Waals surface area contributed by atoms with Gasteiger partial charge in [0.05, 0.1) is 20.3 Å². The van der Waals surface area contributed by atoms with E-state index in [0.29, 0.717) is 42.8 Å². The van der Waals surface area contributed by atoms with Gasteiger partial charge >= 0.3 is 0 Å². The molecule has 2 amide bonds. The van der Waals surface area contributed by atoms with Crippen molar-refractivity contribution in [2.75, 3.05) is 45.3 Å². The number of aromatic nitrogens is 4. The monoisotopic (exact) mass is 738 g/mol. The molecule has 14 nitrogen and oxygen atoms in total. The Morgan fingerprint density at radius 3 is 2.37 bits per heavy atom. The van der Waals surface area contributed by atoms with Crippen LogP contribution in [-0.2, 0) is 30.8 Å². The van der Waals surface area contributed by atoms with E-state index < -0.39 is 16.1 Å². The van der Waals surface area contributed by atoms with Crippen molar-refractivity contribution in [3.63, 3.8) is 0 Å². The SMILES string of the molecule is COc1ccc(-c2cccc(C[C@H](NC(=O)[C@H]3CC[C@H](CN)CC3)C(=O)Nc3ccc(-c4nnn[nH]4)cc3)c2)cc1S(=O)(=O)N1CCOCC1.Cl. The first-order valence-electron chi connectivity index (χ1n) is 16.8. The highest BCUT2D eigenvalue weighted by Crippen LogP contribution is 2.33. The molecule has 1 aliphatic carbocycles. The molecule has 2 heterocycles. The van der Waals surface area contributed by atoms with Crippen LogP contribution in [0.4, 0.5) is 5.69 Å². The lowest BCUT2D eigenvalue weighted by atomic mass is 9.81. The smallest absolute Gasteiger partial charge is 0.247 e. The summed E-state index contributed by atoms with van der Waals surface area (Å²) < 4.78 is 39.5. The third-order valence-corrected chi connectivity index (χ3v) is 11.3. The fourth-order valence-electron chi connectivity index (χ4n) is 6.48. The predicted molar refractivity (Wildman–Crippen MR) is 194 cm³/mol. The fraction of sp³-hybridized carbons (Fsp3) is 0.400. The number of benzene rings is 3. The molecule has 1 aromatic heterocycles. The van der Waals surface area contributed by atoms with E-state index in [1.807, 2.05) is 24.3 Å². The minimum Gasteiger partial charge on any atom is -0.495 e. The second kappa shape index (κ2) is 17.2. The van der Waals surface area contributed by atoms with Gasteiger partial charge in [0, 0.05) is 36.7 Å². The topological polar surface area (TPSA) is 195 Å². The number of halogens is 1. The number of amides is 2. The first-order chi connectivity index (χ1) is 24.2. The second-order valence-electron chi connectivity index (χ2n) is 12.6. The third-order valence-electron chi connectivity index (χ3n) is 9.41. The standard InChI is InChI=1S/C35H42N8O6S.ClH/c1-48-31-14-11-28(21-32(31)50(46,47)43-15-17-49-18-16-43)27-4-2-3-24(19-27)20-30(38-34(44)26-7-5-23(22-36)6-8-26)35(45)37-29-12-9-25(10-13-29)33-39-41-42-40-33;/h2-4,9-14,19,21,23,26,30H,5-8,15-18,20,22,36H2,1H3,(H,37,45)(H,38,44)(H,39,40,41,42);1H/t23-,26-,30-;/m0./s1. The third kappa shape index (κ3) is 9.10. The maximum absolute atomic E-state index is 13.8. The molecule has 0 spiro atoms. The van der Waals surface area contributed by atoms with E-state index in [2.05, 4.69) is 31.3 Å². The number of morpholine rings is 1. The van der Waals surface area contributed by atoms with Crippen LogP contribution in [-0.4, -0.2) is 91.2 Å². The van der Waals surface area contributed by atoms with E-state index in [0.717, 1.165) is 42.4 Å². The van der Waals surface area contributed by atoms with Gasteiger partial charge in [0.2, 0.25) is 21.8 Å². The molecule has 16 heteroatoms. The lowest BCUT2D eigenvalue weighted by Gasteiger charge is -2.28. The minimum absolute atomic E-state index is 0. The number of tetrazole rings is 1. The molecule has 1 atom stereocenters. The Balaban J connectivity index is 0.00000504. The van der Waals surface area contributed by atoms with Gasteiger partial charge in [-0.3, -0.25) is 9.59 Å². The number of hydrogen-bond acceptors (Lipinski definition) is 10. The molecule has 0 bridgehead atoms. The van der Waals surface area contributed by atoms with Gasteiger partial charge in [-0.1, -0.05) is 30.3 Å². The number of aromatic amines is 1. The Labute approximate surface area is 303 Å². The molecule has 2 fully saturated rings. The molecule has 5 N–H and O–H groups in total. The zero-order valence-corrected chi connectivity index (χ0v) is 29.9. The van der Waals surface area contributed by atoms with Gasteiger partial charge in [-0.2, -0.15) is 4.31 Å². The molecular formula is C35H43ClN8O6S. The van der Waals surface area contributed by atoms with Crippen molar-refractivity contribution in [3.8, 4) is 28.3 Å². The summed E-state index contributed by atoms with van der Waals surface area (Å²) in [6.07, 6.45) is 3.42. The second-order valence-corrected chi connectivity index (χ2v) is 14.5. The quantitative estimate of drug-likeness (QED) is 0.167. The normalized spacial score (nSPS) is 18.6. The van der Waals surface area contributed by atoms with E-state index in [4.69, 9.17) is 15.2 Å². The van der Waals surface area contributed by atoms with Crippen LogP contribution in [0.15, 0.2) is 71.6 Å². The summed E-state index contributed by atoms with van der Waals surface area (Å²) in [5, 5.41) is 19.8. The summed E-state index contributed by atoms with van der Waals surface area (Å²) in [5.74, 6) is 0.455. The zero-order valence-electron chi connectivity index (χ0n) is 28.3. The molecular weight excluding hydrogens is 696 g/mol. The highest BCUT2D eigenvalue weighted by Gasteiger charge is 2.31. The minimum atomic E-state index is -3.84. The summed E-state index contributed by atoms with van der Waals surface area (Å²) in [4.78, 5) is 27.4. The van der Waals surface area contributed by atoms with Gasteiger partial charge in [0.25, 0.3) is 0 Å². The van der Waals surface area contributed by atoms with Gasteiger partial charge in [-0.25, -0.2) is 13.5 Å². The Kier molecular flexibility index (Phi) is 12.8. The molecule has 1 saturated carbocycles. The average Bonchev–Trinajstić information content (AvgIpc) is 3.70. The van der Waals surface area contributed by atoms with Crippen LogP contribution in [0.5, 0.6) is 5.75 Å². The van der Waals surface area contributed by atoms with Gasteiger partial charge in [0.1, 0.15) is 16.7 Å². The van der Waals surface area contributed by atoms with E-state index in [9.17, 15) is 18.0 Å². The largest absolute Gasteiger partial charge is 0.495 e. The lowest BCUT2D eigenvalue weighted by Crippen LogP contribution is -2.48. The molecule has 4 aromatic rings. The van der Waals surface area contributed by atoms with E-state index in [1.54, 1.807) is 42.5 Å². The van der Waals surface area contributed by atoms with Gasteiger partial charge in [-0.15, -0.1) is 17.5 Å². The molecule has 1 saturated heterocycles. The van der Waals surface area contributed by atoms with Gasteiger partial charge in [-0.05, 0) is 102 Å². The maximum Gasteiger partial charge on any atom is 0.247 e. The van der Waals surface area contributed by atoms with Crippen molar-refractivity contribution >= 4 is 39.9 Å². The van der Waals surface area contributed by atoms with E-state index >= 15 is 0 Å². The Morgan fingerprint density at radius 2 is 1.71 bits per heavy atom. The number of nitrogens with zero attached hydrogens (tertiary/aromatic N) is 4. The van der Waals surface area contributed by atoms with Crippen molar-refractivity contribution < 1.29 is 27.5 Å². The first kappa shape index (κ1) is 37.8. The molecule has 3 aromatic carbocycles. The number of nitrogens with two attached hydrogens (primary N) is 1. The summed E-state index contributed by atoms with van der Waals surface area (Å²) >= 11 is 0. The van der Waals surface area contributed by atoms with Gasteiger partial charge < -0.3 is 25.8 Å². The Hall–Kier alpha value is -4.41. The Morgan fingerprint density at radius 1 is 1.00 bits per heavy atom. The van der Waals surface area contributed by atoms with Crippen molar-refractivity contribution in [2.45, 2.75) is 43.0 Å². The highest BCUT2D eigenvalue weighted by atomic mass is 35.5. The molecule has 6 rings (SSSR count). The van der Waals surface area contributed by atoms with Crippen LogP contribution in [0.3, 0.4) is 0 Å². The number of sulfonamides is 1. The summed E-state index contributed by atoms with van der Waals surface area (Å²) in [6.45, 7) is 1.79. The van der Waals surface area contributed by atoms with Crippen LogP contribution in [0.2, 0.25) is 0 Å². The molecule has 2 aliphatic rings. The van der Waals surface area contributed by atoms with Crippen LogP contribution in [0.1, 0.15) is 31.2 Å². The number of anilines is 1. The van der Waals surface area contributed by atoms with Crippen molar-refractivity contribution in [3.05, 3.63) is 72.3 Å². The van der Waals surface area contributed by atoms with Crippen LogP contribution >= 0.6 is 12.4 Å². The number of methoxy groups -OCH3 is 1. The summed E-state index contributed by atoms with van der Waals surface area (Å²) in [5.41, 5.74) is 9.38. The van der Waals surface area contributed by atoms with E-state index in [1.165, 1.54) is 11.4 Å². The number of ether oxygens (including phenoxy) is 2. The number of carbonyl (C=O) groups excluding carboxylic acids is 2. The number of hydrogen-bond donors (Lipinski definition) is 4. The average molecular weight is 739 g/mol.